The van der Waals surface area contributed by atoms with E-state index in [0.717, 1.165) is 26.1 Å². The van der Waals surface area contributed by atoms with Crippen LogP contribution >= 0.6 is 0 Å². The highest BCUT2D eigenvalue weighted by molar-refractivity contribution is 5.22. The zero-order chi connectivity index (χ0) is 12.1. The summed E-state index contributed by atoms with van der Waals surface area (Å²) in [5.41, 5.74) is 0.210. The maximum Gasteiger partial charge on any atom is 0.250 e. The molecule has 5 heteroatoms. The monoisotopic (exact) mass is 241 g/mol. The van der Waals surface area contributed by atoms with E-state index in [1.807, 2.05) is 0 Å². The molecule has 94 valence electrons. The van der Waals surface area contributed by atoms with Crippen LogP contribution in [0.25, 0.3) is 0 Å². The summed E-state index contributed by atoms with van der Waals surface area (Å²) in [4.78, 5) is 3.83. The predicted molar refractivity (Wildman–Crippen MR) is 59.2 cm³/mol. The summed E-state index contributed by atoms with van der Waals surface area (Å²) in [5, 5.41) is 8.92. The van der Waals surface area contributed by atoms with Crippen LogP contribution in [-0.4, -0.2) is 29.9 Å². The Morgan fingerprint density at radius 1 is 1.47 bits per heavy atom. The highest BCUT2D eigenvalue weighted by Gasteiger charge is 2.16. The zero-order valence-electron chi connectivity index (χ0n) is 9.56. The van der Waals surface area contributed by atoms with Gasteiger partial charge in [-0.1, -0.05) is 0 Å². The van der Waals surface area contributed by atoms with Gasteiger partial charge in [0.2, 0.25) is 0 Å². The maximum absolute atomic E-state index is 13.7. The molecule has 1 N–H and O–H groups in total. The van der Waals surface area contributed by atoms with Gasteiger partial charge in [0.05, 0.1) is 13.2 Å². The van der Waals surface area contributed by atoms with Gasteiger partial charge in [0.15, 0.2) is 5.82 Å². The third-order valence-electron chi connectivity index (χ3n) is 2.90. The normalized spacial score (nSPS) is 17.1. The predicted octanol–water partition coefficient (Wildman–Crippen LogP) is 1.52. The number of nitrogens with zero attached hydrogens (tertiary/aromatic N) is 1. The van der Waals surface area contributed by atoms with E-state index in [2.05, 4.69) is 4.98 Å². The molecule has 1 aliphatic heterocycles. The third-order valence-corrected chi connectivity index (χ3v) is 2.90. The first-order valence-corrected chi connectivity index (χ1v) is 5.76. The molecule has 2 rings (SSSR count). The van der Waals surface area contributed by atoms with Gasteiger partial charge in [0.1, 0.15) is 0 Å². The molecular weight excluding hydrogens is 225 g/mol. The van der Waals surface area contributed by atoms with E-state index >= 15 is 0 Å². The topological polar surface area (TPSA) is 51.6 Å². The molecule has 0 radical (unpaired) electrons. The lowest BCUT2D eigenvalue weighted by Gasteiger charge is -2.21. The second kappa shape index (κ2) is 5.93. The van der Waals surface area contributed by atoms with Crippen molar-refractivity contribution < 1.29 is 19.0 Å². The van der Waals surface area contributed by atoms with Crippen LogP contribution in [0, 0.1) is 11.7 Å². The van der Waals surface area contributed by atoms with Crippen LogP contribution < -0.4 is 4.74 Å². The van der Waals surface area contributed by atoms with E-state index in [9.17, 15) is 4.39 Å². The SMILES string of the molecule is OCc1ccnc(OCC2CCOCC2)c1F. The summed E-state index contributed by atoms with van der Waals surface area (Å²) < 4.78 is 24.3. The van der Waals surface area contributed by atoms with E-state index < -0.39 is 5.82 Å². The Kier molecular flexibility index (Phi) is 4.28. The first-order valence-electron chi connectivity index (χ1n) is 5.76. The Morgan fingerprint density at radius 3 is 2.94 bits per heavy atom. The lowest BCUT2D eigenvalue weighted by Crippen LogP contribution is -2.22. The number of halogens is 1. The number of ether oxygens (including phenoxy) is 2. The van der Waals surface area contributed by atoms with Gasteiger partial charge in [0.25, 0.3) is 5.88 Å². The van der Waals surface area contributed by atoms with Crippen molar-refractivity contribution in [2.45, 2.75) is 19.4 Å². The van der Waals surface area contributed by atoms with Crippen molar-refractivity contribution in [1.29, 1.82) is 0 Å². The van der Waals surface area contributed by atoms with Crippen molar-refractivity contribution in [3.05, 3.63) is 23.6 Å². The molecular formula is C12H16FNO3. The molecule has 0 saturated carbocycles. The molecule has 0 amide bonds. The van der Waals surface area contributed by atoms with Gasteiger partial charge in [-0.2, -0.15) is 0 Å². The summed E-state index contributed by atoms with van der Waals surface area (Å²) in [7, 11) is 0. The Hall–Kier alpha value is -1.20. The molecule has 0 bridgehead atoms. The molecule has 0 spiro atoms. The smallest absolute Gasteiger partial charge is 0.250 e. The molecule has 0 atom stereocenters. The van der Waals surface area contributed by atoms with Crippen LogP contribution in [0.2, 0.25) is 0 Å². The van der Waals surface area contributed by atoms with E-state index in [-0.39, 0.29) is 18.1 Å². The molecule has 2 heterocycles. The number of pyridine rings is 1. The molecule has 0 aliphatic carbocycles. The highest BCUT2D eigenvalue weighted by atomic mass is 19.1. The fourth-order valence-electron chi connectivity index (χ4n) is 1.79. The second-order valence-corrected chi connectivity index (χ2v) is 4.11. The van der Waals surface area contributed by atoms with Crippen LogP contribution in [0.4, 0.5) is 4.39 Å². The average molecular weight is 241 g/mol. The minimum atomic E-state index is -0.568. The van der Waals surface area contributed by atoms with E-state index in [1.165, 1.54) is 12.3 Å². The first kappa shape index (κ1) is 12.3. The van der Waals surface area contributed by atoms with Crippen LogP contribution in [0.1, 0.15) is 18.4 Å². The van der Waals surface area contributed by atoms with Gasteiger partial charge in [-0.15, -0.1) is 0 Å². The van der Waals surface area contributed by atoms with Crippen LogP contribution in [0.15, 0.2) is 12.3 Å². The number of aliphatic hydroxyl groups excluding tert-OH is 1. The number of rotatable bonds is 4. The standard InChI is InChI=1S/C12H16FNO3/c13-11-10(7-15)1-4-14-12(11)17-8-9-2-5-16-6-3-9/h1,4,9,15H,2-3,5-8H2. The van der Waals surface area contributed by atoms with Crippen LogP contribution in [0.3, 0.4) is 0 Å². The van der Waals surface area contributed by atoms with Gasteiger partial charge in [-0.05, 0) is 24.8 Å². The first-order chi connectivity index (χ1) is 8.31. The molecule has 0 aromatic carbocycles. The Balaban J connectivity index is 1.93. The molecule has 0 unspecified atom stereocenters. The van der Waals surface area contributed by atoms with Crippen molar-refractivity contribution in [3.63, 3.8) is 0 Å². The van der Waals surface area contributed by atoms with Gasteiger partial charge >= 0.3 is 0 Å². The quantitative estimate of drug-likeness (QED) is 0.868. The van der Waals surface area contributed by atoms with Gasteiger partial charge in [-0.25, -0.2) is 9.37 Å². The summed E-state index contributed by atoms with van der Waals surface area (Å²) in [6, 6.07) is 1.44. The lowest BCUT2D eigenvalue weighted by molar-refractivity contribution is 0.0483. The van der Waals surface area contributed by atoms with Gasteiger partial charge < -0.3 is 14.6 Å². The maximum atomic E-state index is 13.7. The average Bonchev–Trinajstić information content (AvgIpc) is 2.39. The summed E-state index contributed by atoms with van der Waals surface area (Å²) in [5.74, 6) is -0.201. The van der Waals surface area contributed by atoms with Gasteiger partial charge in [-0.3, -0.25) is 0 Å². The molecule has 1 aromatic rings. The van der Waals surface area contributed by atoms with E-state index in [1.54, 1.807) is 0 Å². The van der Waals surface area contributed by atoms with Crippen molar-refractivity contribution in [2.24, 2.45) is 5.92 Å². The Morgan fingerprint density at radius 2 is 2.24 bits per heavy atom. The molecule has 1 fully saturated rings. The fourth-order valence-corrected chi connectivity index (χ4v) is 1.79. The molecule has 1 aromatic heterocycles. The molecule has 17 heavy (non-hydrogen) atoms. The minimum Gasteiger partial charge on any atom is -0.475 e. The van der Waals surface area contributed by atoms with Gasteiger partial charge in [0, 0.05) is 25.0 Å². The fraction of sp³-hybridized carbons (Fsp3) is 0.583. The summed E-state index contributed by atoms with van der Waals surface area (Å²) in [6.45, 7) is 1.57. The summed E-state index contributed by atoms with van der Waals surface area (Å²) >= 11 is 0. The Labute approximate surface area is 99.4 Å². The number of aliphatic hydroxyl groups is 1. The summed E-state index contributed by atoms with van der Waals surface area (Å²) in [6.07, 6.45) is 3.30. The van der Waals surface area contributed by atoms with Crippen LogP contribution in [-0.2, 0) is 11.3 Å². The second-order valence-electron chi connectivity index (χ2n) is 4.11. The Bertz CT molecular complexity index is 367. The highest BCUT2D eigenvalue weighted by Crippen LogP contribution is 2.20. The third kappa shape index (κ3) is 3.14. The number of hydrogen-bond donors (Lipinski definition) is 1. The molecule has 1 saturated heterocycles. The zero-order valence-corrected chi connectivity index (χ0v) is 9.56. The minimum absolute atomic E-state index is 0.0250. The van der Waals surface area contributed by atoms with Crippen LogP contribution in [0.5, 0.6) is 5.88 Å². The van der Waals surface area contributed by atoms with Crippen molar-refractivity contribution in [3.8, 4) is 5.88 Å². The van der Waals surface area contributed by atoms with Crippen molar-refractivity contribution in [1.82, 2.24) is 4.98 Å². The molecule has 1 aliphatic rings. The van der Waals surface area contributed by atoms with E-state index in [0.29, 0.717) is 12.5 Å². The lowest BCUT2D eigenvalue weighted by atomic mass is 10.0. The number of hydrogen-bond acceptors (Lipinski definition) is 4. The molecule has 4 nitrogen and oxygen atoms in total. The van der Waals surface area contributed by atoms with Crippen molar-refractivity contribution in [2.75, 3.05) is 19.8 Å². The van der Waals surface area contributed by atoms with Crippen molar-refractivity contribution >= 4 is 0 Å². The van der Waals surface area contributed by atoms with E-state index in [4.69, 9.17) is 14.6 Å². The largest absolute Gasteiger partial charge is 0.475 e. The number of aromatic nitrogens is 1.